The van der Waals surface area contributed by atoms with Crippen molar-refractivity contribution in [3.05, 3.63) is 29.8 Å². The molecule has 0 aliphatic carbocycles. The summed E-state index contributed by atoms with van der Waals surface area (Å²) >= 11 is 0. The standard InChI is InChI=1S/C19H32O3S.Na/c1-4-5-6-7-9-16(2)10-8-11-17(3)18-12-14-19(15-13-18)23(20,21)22;/h12-17H,4-11H2,1-3H3,(H,20,21,22);/q;+1/p-1. The Morgan fingerprint density at radius 3 is 2.04 bits per heavy atom. The first-order chi connectivity index (χ1) is 10.8. The molecular weight excluding hydrogens is 331 g/mol. The predicted molar refractivity (Wildman–Crippen MR) is 94.6 cm³/mol. The molecular formula is C19H31NaO3S. The van der Waals surface area contributed by atoms with E-state index in [1.54, 1.807) is 12.1 Å². The van der Waals surface area contributed by atoms with Crippen LogP contribution in [-0.4, -0.2) is 13.0 Å². The van der Waals surface area contributed by atoms with Crippen LogP contribution in [0.2, 0.25) is 0 Å². The van der Waals surface area contributed by atoms with E-state index < -0.39 is 10.1 Å². The molecule has 0 aromatic heterocycles. The Labute approximate surface area is 170 Å². The van der Waals surface area contributed by atoms with Crippen LogP contribution in [0.25, 0.3) is 0 Å². The summed E-state index contributed by atoms with van der Waals surface area (Å²) in [4.78, 5) is -0.144. The van der Waals surface area contributed by atoms with Gasteiger partial charge in [0, 0.05) is 0 Å². The van der Waals surface area contributed by atoms with Gasteiger partial charge in [-0.15, -0.1) is 0 Å². The van der Waals surface area contributed by atoms with Gasteiger partial charge in [0.25, 0.3) is 0 Å². The zero-order valence-corrected chi connectivity index (χ0v) is 18.6. The van der Waals surface area contributed by atoms with Crippen molar-refractivity contribution in [2.45, 2.75) is 83.0 Å². The third kappa shape index (κ3) is 9.57. The van der Waals surface area contributed by atoms with E-state index >= 15 is 0 Å². The Morgan fingerprint density at radius 2 is 1.50 bits per heavy atom. The fourth-order valence-electron chi connectivity index (χ4n) is 2.97. The van der Waals surface area contributed by atoms with E-state index in [1.165, 1.54) is 57.1 Å². The summed E-state index contributed by atoms with van der Waals surface area (Å²) in [6, 6.07) is 6.38. The quantitative estimate of drug-likeness (QED) is 0.345. The molecule has 0 saturated heterocycles. The summed E-state index contributed by atoms with van der Waals surface area (Å²) in [5.41, 5.74) is 1.10. The largest absolute Gasteiger partial charge is 1.00 e. The number of hydrogen-bond acceptors (Lipinski definition) is 3. The Kier molecular flexibility index (Phi) is 12.5. The molecule has 0 radical (unpaired) electrons. The van der Waals surface area contributed by atoms with Crippen LogP contribution in [0, 0.1) is 5.92 Å². The third-order valence-corrected chi connectivity index (χ3v) is 5.47. The molecule has 0 saturated carbocycles. The number of rotatable bonds is 11. The molecule has 0 N–H and O–H groups in total. The molecule has 1 aromatic rings. The van der Waals surface area contributed by atoms with E-state index in [-0.39, 0.29) is 34.5 Å². The Hall–Kier alpha value is 0.130. The van der Waals surface area contributed by atoms with Crippen molar-refractivity contribution in [2.24, 2.45) is 5.92 Å². The molecule has 24 heavy (non-hydrogen) atoms. The number of benzene rings is 1. The van der Waals surface area contributed by atoms with Crippen molar-refractivity contribution in [1.29, 1.82) is 0 Å². The Morgan fingerprint density at radius 1 is 0.917 bits per heavy atom. The zero-order chi connectivity index (χ0) is 17.3. The van der Waals surface area contributed by atoms with E-state index in [0.717, 1.165) is 17.9 Å². The van der Waals surface area contributed by atoms with Crippen molar-refractivity contribution in [2.75, 3.05) is 0 Å². The molecule has 2 unspecified atom stereocenters. The normalized spacial score (nSPS) is 14.0. The van der Waals surface area contributed by atoms with E-state index in [0.29, 0.717) is 5.92 Å². The van der Waals surface area contributed by atoms with Crippen molar-refractivity contribution in [1.82, 2.24) is 0 Å². The second-order valence-electron chi connectivity index (χ2n) is 6.81. The zero-order valence-electron chi connectivity index (χ0n) is 15.8. The number of unbranched alkanes of at least 4 members (excludes halogenated alkanes) is 3. The monoisotopic (exact) mass is 362 g/mol. The summed E-state index contributed by atoms with van der Waals surface area (Å²) < 4.78 is 32.8. The first-order valence-electron chi connectivity index (χ1n) is 8.90. The third-order valence-electron chi connectivity index (χ3n) is 4.62. The minimum absolute atomic E-state index is 0. The van der Waals surface area contributed by atoms with E-state index in [9.17, 15) is 13.0 Å². The Bertz CT molecular complexity index is 540. The van der Waals surface area contributed by atoms with Crippen LogP contribution in [0.3, 0.4) is 0 Å². The maximum absolute atomic E-state index is 10.9. The van der Waals surface area contributed by atoms with Gasteiger partial charge in [0.05, 0.1) is 4.90 Å². The second-order valence-corrected chi connectivity index (χ2v) is 8.19. The van der Waals surface area contributed by atoms with Crippen LogP contribution in [0.1, 0.15) is 83.6 Å². The molecule has 0 bridgehead atoms. The van der Waals surface area contributed by atoms with Gasteiger partial charge in [0.1, 0.15) is 10.1 Å². The van der Waals surface area contributed by atoms with Gasteiger partial charge in [0.2, 0.25) is 0 Å². The van der Waals surface area contributed by atoms with Gasteiger partial charge < -0.3 is 4.55 Å². The van der Waals surface area contributed by atoms with Crippen molar-refractivity contribution in [3.8, 4) is 0 Å². The molecule has 2 atom stereocenters. The van der Waals surface area contributed by atoms with Gasteiger partial charge in [-0.2, -0.15) is 0 Å². The summed E-state index contributed by atoms with van der Waals surface area (Å²) in [6.45, 7) is 6.74. The van der Waals surface area contributed by atoms with Crippen LogP contribution in [-0.2, 0) is 10.1 Å². The summed E-state index contributed by atoms with van der Waals surface area (Å²) in [5, 5.41) is 0. The molecule has 132 valence electrons. The maximum atomic E-state index is 10.9. The SMILES string of the molecule is CCCCCCC(C)CCCC(C)c1ccc(S(=O)(=O)[O-])cc1.[Na+]. The average molecular weight is 363 g/mol. The molecule has 0 aliphatic heterocycles. The van der Waals surface area contributed by atoms with Gasteiger partial charge in [-0.3, -0.25) is 0 Å². The predicted octanol–water partition coefficient (Wildman–Crippen LogP) is 2.47. The molecule has 1 aromatic carbocycles. The minimum atomic E-state index is -4.34. The van der Waals surface area contributed by atoms with Crippen molar-refractivity contribution in [3.63, 3.8) is 0 Å². The fraction of sp³-hybridized carbons (Fsp3) is 0.684. The van der Waals surface area contributed by atoms with Crippen LogP contribution in [0.15, 0.2) is 29.2 Å². The number of hydrogen-bond donors (Lipinski definition) is 0. The summed E-state index contributed by atoms with van der Waals surface area (Å²) in [6.07, 6.45) is 10.2. The fourth-order valence-corrected chi connectivity index (χ4v) is 3.44. The summed E-state index contributed by atoms with van der Waals surface area (Å²) in [5.74, 6) is 1.18. The first-order valence-corrected chi connectivity index (χ1v) is 10.3. The topological polar surface area (TPSA) is 57.2 Å². The smallest absolute Gasteiger partial charge is 0.744 e. The van der Waals surface area contributed by atoms with Gasteiger partial charge in [-0.1, -0.05) is 77.8 Å². The second kappa shape index (κ2) is 12.5. The molecule has 5 heteroatoms. The molecule has 0 amide bonds. The van der Waals surface area contributed by atoms with Gasteiger partial charge in [-0.25, -0.2) is 8.42 Å². The molecule has 0 heterocycles. The van der Waals surface area contributed by atoms with Crippen LogP contribution in [0.4, 0.5) is 0 Å². The van der Waals surface area contributed by atoms with Gasteiger partial charge in [-0.05, 0) is 36.0 Å². The van der Waals surface area contributed by atoms with Gasteiger partial charge in [0.15, 0.2) is 0 Å². The molecule has 0 fully saturated rings. The minimum Gasteiger partial charge on any atom is -0.744 e. The average Bonchev–Trinajstić information content (AvgIpc) is 2.51. The van der Waals surface area contributed by atoms with E-state index in [1.807, 2.05) is 0 Å². The van der Waals surface area contributed by atoms with Crippen molar-refractivity contribution < 1.29 is 42.5 Å². The van der Waals surface area contributed by atoms with E-state index in [2.05, 4.69) is 20.8 Å². The molecule has 0 aliphatic rings. The summed E-state index contributed by atoms with van der Waals surface area (Å²) in [7, 11) is -4.34. The van der Waals surface area contributed by atoms with Crippen LogP contribution in [0.5, 0.6) is 0 Å². The van der Waals surface area contributed by atoms with Crippen LogP contribution >= 0.6 is 0 Å². The maximum Gasteiger partial charge on any atom is 1.00 e. The van der Waals surface area contributed by atoms with Gasteiger partial charge >= 0.3 is 29.6 Å². The Balaban J connectivity index is 0.00000529. The van der Waals surface area contributed by atoms with Crippen molar-refractivity contribution >= 4 is 10.1 Å². The molecule has 1 rings (SSSR count). The van der Waals surface area contributed by atoms with Crippen LogP contribution < -0.4 is 29.6 Å². The molecule has 3 nitrogen and oxygen atoms in total. The first kappa shape index (κ1) is 24.1. The van der Waals surface area contributed by atoms with E-state index in [4.69, 9.17) is 0 Å². The molecule has 0 spiro atoms.